The Hall–Kier alpha value is -4.92. The van der Waals surface area contributed by atoms with Gasteiger partial charge >= 0.3 is 12.1 Å². The first kappa shape index (κ1) is 27.6. The zero-order valence-corrected chi connectivity index (χ0v) is 22.2. The van der Waals surface area contributed by atoms with Gasteiger partial charge in [0, 0.05) is 12.1 Å². The fourth-order valence-electron chi connectivity index (χ4n) is 4.83. The van der Waals surface area contributed by atoms with Crippen LogP contribution in [0.15, 0.2) is 91.0 Å². The van der Waals surface area contributed by atoms with Gasteiger partial charge in [-0.25, -0.2) is 9.78 Å². The number of hydrogen-bond acceptors (Lipinski definition) is 3. The van der Waals surface area contributed by atoms with Crippen molar-refractivity contribution in [2.75, 3.05) is 0 Å². The summed E-state index contributed by atoms with van der Waals surface area (Å²) >= 11 is 0. The van der Waals surface area contributed by atoms with Crippen LogP contribution in [0.3, 0.4) is 0 Å². The summed E-state index contributed by atoms with van der Waals surface area (Å²) in [7, 11) is 0. The van der Waals surface area contributed by atoms with E-state index in [1.165, 1.54) is 6.07 Å². The maximum Gasteiger partial charge on any atom is 0.416 e. The smallest absolute Gasteiger partial charge is 0.416 e. The Morgan fingerprint density at radius 1 is 0.951 bits per heavy atom. The molecule has 0 aliphatic heterocycles. The van der Waals surface area contributed by atoms with E-state index in [-0.39, 0.29) is 5.56 Å². The maximum atomic E-state index is 13.1. The quantitative estimate of drug-likeness (QED) is 0.221. The number of fused-ring (bicyclic) bond motifs is 1. The van der Waals surface area contributed by atoms with Gasteiger partial charge in [0.25, 0.3) is 5.91 Å². The maximum absolute atomic E-state index is 13.1. The lowest BCUT2D eigenvalue weighted by molar-refractivity contribution is -0.137. The number of aryl methyl sites for hydroxylation is 1. The summed E-state index contributed by atoms with van der Waals surface area (Å²) in [5.41, 5.74) is 3.98. The molecule has 1 heterocycles. The van der Waals surface area contributed by atoms with Crippen molar-refractivity contribution in [3.63, 3.8) is 0 Å². The van der Waals surface area contributed by atoms with Crippen molar-refractivity contribution in [3.8, 4) is 11.1 Å². The van der Waals surface area contributed by atoms with Gasteiger partial charge in [-0.1, -0.05) is 54.6 Å². The average molecular weight is 558 g/mol. The number of carboxylic acid groups (broad SMARTS) is 1. The van der Waals surface area contributed by atoms with E-state index in [0.29, 0.717) is 28.8 Å². The number of imidazole rings is 1. The number of nitrogens with one attached hydrogen (secondary N) is 1. The molecule has 0 aliphatic rings. The van der Waals surface area contributed by atoms with E-state index < -0.39 is 29.7 Å². The number of benzene rings is 4. The molecule has 0 spiro atoms. The molecule has 5 aromatic rings. The number of aromatic carboxylic acids is 1. The van der Waals surface area contributed by atoms with Crippen LogP contribution in [0.5, 0.6) is 0 Å². The molecule has 1 amide bonds. The third-order valence-electron chi connectivity index (χ3n) is 7.03. The summed E-state index contributed by atoms with van der Waals surface area (Å²) in [6.45, 7) is 3.97. The molecule has 0 aliphatic carbocycles. The lowest BCUT2D eigenvalue weighted by Gasteiger charge is -2.16. The highest BCUT2D eigenvalue weighted by atomic mass is 19.4. The van der Waals surface area contributed by atoms with Crippen LogP contribution in [0, 0.1) is 6.92 Å². The van der Waals surface area contributed by atoms with Gasteiger partial charge in [-0.05, 0) is 72.5 Å². The fourth-order valence-corrected chi connectivity index (χ4v) is 4.83. The van der Waals surface area contributed by atoms with Crippen LogP contribution in [0.2, 0.25) is 0 Å². The lowest BCUT2D eigenvalue weighted by atomic mass is 9.99. The van der Waals surface area contributed by atoms with Crippen molar-refractivity contribution >= 4 is 22.9 Å². The highest BCUT2D eigenvalue weighted by Crippen LogP contribution is 2.31. The van der Waals surface area contributed by atoms with Crippen molar-refractivity contribution in [2.24, 2.45) is 0 Å². The second kappa shape index (κ2) is 10.9. The van der Waals surface area contributed by atoms with Crippen LogP contribution in [-0.2, 0) is 12.7 Å². The summed E-state index contributed by atoms with van der Waals surface area (Å²) in [4.78, 5) is 29.3. The van der Waals surface area contributed by atoms with Gasteiger partial charge in [0.2, 0.25) is 0 Å². The van der Waals surface area contributed by atoms with E-state index in [0.717, 1.165) is 34.6 Å². The predicted octanol–water partition coefficient (Wildman–Crippen LogP) is 7.27. The third-order valence-corrected chi connectivity index (χ3v) is 7.03. The van der Waals surface area contributed by atoms with Gasteiger partial charge in [0.1, 0.15) is 5.82 Å². The lowest BCUT2D eigenvalue weighted by Crippen LogP contribution is -2.26. The molecule has 0 radical (unpaired) electrons. The molecule has 0 saturated carbocycles. The molecule has 6 nitrogen and oxygen atoms in total. The Morgan fingerprint density at radius 3 is 2.39 bits per heavy atom. The normalized spacial score (nSPS) is 12.3. The summed E-state index contributed by atoms with van der Waals surface area (Å²) < 4.78 is 41.4. The number of carboxylic acids is 1. The van der Waals surface area contributed by atoms with Gasteiger partial charge < -0.3 is 15.0 Å². The molecule has 41 heavy (non-hydrogen) atoms. The predicted molar refractivity (Wildman–Crippen MR) is 150 cm³/mol. The zero-order chi connectivity index (χ0) is 29.3. The number of amides is 1. The van der Waals surface area contributed by atoms with E-state index >= 15 is 0 Å². The van der Waals surface area contributed by atoms with Crippen LogP contribution in [-0.4, -0.2) is 26.5 Å². The molecule has 0 saturated heterocycles. The Labute approximate surface area is 234 Å². The molecule has 208 valence electrons. The fraction of sp³-hybridized carbons (Fsp3) is 0.156. The zero-order valence-electron chi connectivity index (χ0n) is 22.2. The van der Waals surface area contributed by atoms with E-state index in [9.17, 15) is 27.9 Å². The van der Waals surface area contributed by atoms with Crippen LogP contribution in [0.25, 0.3) is 22.2 Å². The van der Waals surface area contributed by atoms with Crippen LogP contribution in [0.1, 0.15) is 56.2 Å². The Bertz CT molecular complexity index is 1760. The van der Waals surface area contributed by atoms with Crippen LogP contribution >= 0.6 is 0 Å². The Morgan fingerprint density at radius 2 is 1.68 bits per heavy atom. The second-order valence-corrected chi connectivity index (χ2v) is 9.81. The summed E-state index contributed by atoms with van der Waals surface area (Å²) in [6, 6.07) is 23.8. The van der Waals surface area contributed by atoms with Crippen molar-refractivity contribution < 1.29 is 27.9 Å². The van der Waals surface area contributed by atoms with E-state index in [1.54, 1.807) is 55.5 Å². The van der Waals surface area contributed by atoms with E-state index in [4.69, 9.17) is 0 Å². The number of alkyl halides is 3. The number of hydrogen-bond donors (Lipinski definition) is 2. The first-order chi connectivity index (χ1) is 19.5. The molecule has 4 aromatic carbocycles. The number of aromatic nitrogens is 2. The number of halogens is 3. The van der Waals surface area contributed by atoms with Gasteiger partial charge in [-0.2, -0.15) is 13.2 Å². The first-order valence-electron chi connectivity index (χ1n) is 12.9. The number of rotatable bonds is 7. The summed E-state index contributed by atoms with van der Waals surface area (Å²) in [6.07, 6.45) is -4.47. The minimum atomic E-state index is -4.47. The molecule has 5 rings (SSSR count). The second-order valence-electron chi connectivity index (χ2n) is 9.81. The highest BCUT2D eigenvalue weighted by molar-refractivity contribution is 5.98. The third kappa shape index (κ3) is 5.84. The molecule has 1 aromatic heterocycles. The minimum Gasteiger partial charge on any atom is -0.478 e. The summed E-state index contributed by atoms with van der Waals surface area (Å²) in [5.74, 6) is -0.659. The molecule has 9 heteroatoms. The molecular formula is C32H26F3N3O3. The SMILES string of the molecule is Cc1nc2ccc(C(=O)N[C@@H](C)c3cccc(C(F)(F)F)c3)cc2n1Cc1ccc(-c2ccccc2C(=O)O)cc1. The van der Waals surface area contributed by atoms with Crippen LogP contribution < -0.4 is 5.32 Å². The molecule has 0 unspecified atom stereocenters. The topological polar surface area (TPSA) is 84.2 Å². The molecular weight excluding hydrogens is 531 g/mol. The Kier molecular flexibility index (Phi) is 7.36. The van der Waals surface area contributed by atoms with Gasteiger partial charge in [-0.15, -0.1) is 0 Å². The summed E-state index contributed by atoms with van der Waals surface area (Å²) in [5, 5.41) is 12.3. The van der Waals surface area contributed by atoms with Gasteiger partial charge in [0.15, 0.2) is 0 Å². The monoisotopic (exact) mass is 557 g/mol. The van der Waals surface area contributed by atoms with Crippen molar-refractivity contribution in [3.05, 3.63) is 125 Å². The van der Waals surface area contributed by atoms with Gasteiger partial charge in [-0.3, -0.25) is 4.79 Å². The highest BCUT2D eigenvalue weighted by Gasteiger charge is 2.30. The van der Waals surface area contributed by atoms with E-state index in [1.807, 2.05) is 35.8 Å². The van der Waals surface area contributed by atoms with Gasteiger partial charge in [0.05, 0.1) is 28.2 Å². The minimum absolute atomic E-state index is 0.227. The number of carbonyl (C=O) groups is 2. The van der Waals surface area contributed by atoms with Crippen molar-refractivity contribution in [2.45, 2.75) is 32.6 Å². The van der Waals surface area contributed by atoms with Crippen LogP contribution in [0.4, 0.5) is 13.2 Å². The Balaban J connectivity index is 1.37. The van der Waals surface area contributed by atoms with Crippen molar-refractivity contribution in [1.29, 1.82) is 0 Å². The largest absolute Gasteiger partial charge is 0.478 e. The standard InChI is InChI=1S/C32H26F3N3O3/c1-19(23-6-5-7-25(16-23)32(33,34)35)36-30(39)24-14-15-28-29(17-24)38(20(2)37-28)18-21-10-12-22(13-11-21)26-8-3-4-9-27(26)31(40)41/h3-17,19H,18H2,1-2H3,(H,36,39)(H,40,41)/t19-/m0/s1. The van der Waals surface area contributed by atoms with Crippen molar-refractivity contribution in [1.82, 2.24) is 14.9 Å². The molecule has 0 fully saturated rings. The molecule has 0 bridgehead atoms. The average Bonchev–Trinajstić information content (AvgIpc) is 3.26. The molecule has 1 atom stereocenters. The number of nitrogens with zero attached hydrogens (tertiary/aromatic N) is 2. The molecule has 2 N–H and O–H groups in total. The number of carbonyl (C=O) groups excluding carboxylic acids is 1. The van der Waals surface area contributed by atoms with E-state index in [2.05, 4.69) is 10.3 Å². The first-order valence-corrected chi connectivity index (χ1v) is 12.9.